The molecule has 2 heteroatoms. The molecule has 0 aliphatic carbocycles. The lowest BCUT2D eigenvalue weighted by Gasteiger charge is -2.07. The van der Waals surface area contributed by atoms with Crippen LogP contribution in [-0.2, 0) is 0 Å². The van der Waals surface area contributed by atoms with Gasteiger partial charge in [0.25, 0.3) is 0 Å². The van der Waals surface area contributed by atoms with Gasteiger partial charge < -0.3 is 10.8 Å². The Bertz CT molecular complexity index is 216. The summed E-state index contributed by atoms with van der Waals surface area (Å²) in [6.45, 7) is 3.05. The van der Waals surface area contributed by atoms with Gasteiger partial charge in [0.15, 0.2) is 0 Å². The van der Waals surface area contributed by atoms with Gasteiger partial charge in [-0.3, -0.25) is 0 Å². The van der Waals surface area contributed by atoms with Crippen LogP contribution in [0.2, 0.25) is 0 Å². The molecule has 0 amide bonds. The molecule has 0 bridgehead atoms. The third-order valence-corrected chi connectivity index (χ3v) is 4.05. The van der Waals surface area contributed by atoms with Crippen LogP contribution in [0.15, 0.2) is 12.2 Å². The maximum absolute atomic E-state index is 9.80. The van der Waals surface area contributed by atoms with E-state index in [4.69, 9.17) is 5.73 Å². The van der Waals surface area contributed by atoms with Crippen LogP contribution in [0.25, 0.3) is 0 Å². The van der Waals surface area contributed by atoms with Crippen molar-refractivity contribution < 1.29 is 5.11 Å². The molecule has 0 rings (SSSR count). The van der Waals surface area contributed by atoms with Crippen LogP contribution in [0.4, 0.5) is 0 Å². The van der Waals surface area contributed by atoms with Gasteiger partial charge in [0, 0.05) is 0 Å². The van der Waals surface area contributed by atoms with E-state index >= 15 is 0 Å². The smallest absolute Gasteiger partial charge is 0.0543 e. The molecule has 0 saturated carbocycles. The Morgan fingerprint density at radius 3 is 2.05 bits per heavy atom. The third-order valence-electron chi connectivity index (χ3n) is 4.05. The fourth-order valence-corrected chi connectivity index (χ4v) is 2.59. The molecule has 0 heterocycles. The molecule has 0 aliphatic rings. The van der Waals surface area contributed by atoms with Crippen LogP contribution in [-0.4, -0.2) is 17.8 Å². The summed E-state index contributed by atoms with van der Waals surface area (Å²) < 4.78 is 0. The molecule has 1 atom stereocenters. The van der Waals surface area contributed by atoms with Crippen molar-refractivity contribution in [3.05, 3.63) is 12.2 Å². The zero-order valence-electron chi connectivity index (χ0n) is 14.4. The fraction of sp³-hybridized carbons (Fsp3) is 0.895. The summed E-state index contributed by atoms with van der Waals surface area (Å²) >= 11 is 0. The fourth-order valence-electron chi connectivity index (χ4n) is 2.59. The van der Waals surface area contributed by atoms with E-state index in [1.165, 1.54) is 70.6 Å². The first kappa shape index (κ1) is 20.7. The van der Waals surface area contributed by atoms with Gasteiger partial charge in [-0.2, -0.15) is 0 Å². The minimum atomic E-state index is -0.0882. The van der Waals surface area contributed by atoms with Gasteiger partial charge in [0.1, 0.15) is 0 Å². The first-order valence-corrected chi connectivity index (χ1v) is 9.34. The second-order valence-electron chi connectivity index (χ2n) is 6.25. The molecule has 0 aromatic heterocycles. The van der Waals surface area contributed by atoms with Crippen molar-refractivity contribution in [1.29, 1.82) is 0 Å². The predicted molar refractivity (Wildman–Crippen MR) is 94.5 cm³/mol. The Morgan fingerprint density at radius 1 is 0.762 bits per heavy atom. The molecule has 0 aromatic rings. The van der Waals surface area contributed by atoms with E-state index in [1.54, 1.807) is 0 Å². The monoisotopic (exact) mass is 297 g/mol. The third kappa shape index (κ3) is 17.6. The quantitative estimate of drug-likeness (QED) is 0.298. The first-order chi connectivity index (χ1) is 10.3. The van der Waals surface area contributed by atoms with Gasteiger partial charge in [0.2, 0.25) is 0 Å². The normalized spacial score (nSPS) is 13.1. The number of aliphatic hydroxyl groups is 1. The van der Waals surface area contributed by atoms with Crippen LogP contribution in [0.5, 0.6) is 0 Å². The maximum Gasteiger partial charge on any atom is 0.0543 e. The molecule has 3 N–H and O–H groups in total. The van der Waals surface area contributed by atoms with E-state index in [2.05, 4.69) is 19.1 Å². The van der Waals surface area contributed by atoms with Crippen LogP contribution in [0.3, 0.4) is 0 Å². The summed E-state index contributed by atoms with van der Waals surface area (Å²) in [6, 6.07) is 0. The van der Waals surface area contributed by atoms with E-state index in [-0.39, 0.29) is 6.10 Å². The summed E-state index contributed by atoms with van der Waals surface area (Å²) in [5.41, 5.74) is 5.47. The molecule has 126 valence electrons. The molecule has 0 aliphatic heterocycles. The summed E-state index contributed by atoms with van der Waals surface area (Å²) in [6.07, 6.45) is 21.5. The van der Waals surface area contributed by atoms with Gasteiger partial charge in [-0.1, -0.05) is 70.4 Å². The molecule has 2 nitrogen and oxygen atoms in total. The Balaban J connectivity index is 3.18. The van der Waals surface area contributed by atoms with Crippen molar-refractivity contribution >= 4 is 0 Å². The molecule has 0 saturated heterocycles. The number of hydrogen-bond acceptors (Lipinski definition) is 2. The Morgan fingerprint density at radius 2 is 1.38 bits per heavy atom. The van der Waals surface area contributed by atoms with Crippen molar-refractivity contribution in [3.8, 4) is 0 Å². The van der Waals surface area contributed by atoms with Gasteiger partial charge in [-0.05, 0) is 45.1 Å². The molecule has 0 radical (unpaired) electrons. The molecule has 0 fully saturated rings. The number of rotatable bonds is 16. The van der Waals surface area contributed by atoms with Crippen molar-refractivity contribution in [2.75, 3.05) is 6.54 Å². The van der Waals surface area contributed by atoms with E-state index in [9.17, 15) is 5.11 Å². The topological polar surface area (TPSA) is 46.2 Å². The number of aliphatic hydroxyl groups excluding tert-OH is 1. The zero-order valence-corrected chi connectivity index (χ0v) is 14.4. The van der Waals surface area contributed by atoms with Crippen molar-refractivity contribution in [2.24, 2.45) is 5.73 Å². The highest BCUT2D eigenvalue weighted by Crippen LogP contribution is 2.10. The number of hydrogen-bond donors (Lipinski definition) is 2. The number of unbranched alkanes of at least 4 members (excludes halogenated alkanes) is 9. The van der Waals surface area contributed by atoms with Crippen LogP contribution in [0, 0.1) is 0 Å². The van der Waals surface area contributed by atoms with Crippen molar-refractivity contribution in [1.82, 2.24) is 0 Å². The largest absolute Gasteiger partial charge is 0.393 e. The van der Waals surface area contributed by atoms with Crippen molar-refractivity contribution in [3.63, 3.8) is 0 Å². The van der Waals surface area contributed by atoms with E-state index in [0.717, 1.165) is 25.8 Å². The highest BCUT2D eigenvalue weighted by atomic mass is 16.3. The van der Waals surface area contributed by atoms with E-state index < -0.39 is 0 Å². The van der Waals surface area contributed by atoms with Crippen LogP contribution < -0.4 is 5.73 Å². The lowest BCUT2D eigenvalue weighted by molar-refractivity contribution is 0.152. The molecule has 1 unspecified atom stereocenters. The summed E-state index contributed by atoms with van der Waals surface area (Å²) in [4.78, 5) is 0. The first-order valence-electron chi connectivity index (χ1n) is 9.34. The highest BCUT2D eigenvalue weighted by molar-refractivity contribution is 4.82. The Labute approximate surface area is 133 Å². The van der Waals surface area contributed by atoms with Crippen LogP contribution >= 0.6 is 0 Å². The molecular formula is C19H39NO. The minimum absolute atomic E-state index is 0.0882. The summed E-state index contributed by atoms with van der Waals surface area (Å²) in [5, 5.41) is 9.80. The minimum Gasteiger partial charge on any atom is -0.393 e. The van der Waals surface area contributed by atoms with Gasteiger partial charge in [0.05, 0.1) is 6.10 Å². The summed E-state index contributed by atoms with van der Waals surface area (Å²) in [5.74, 6) is 0. The molecular weight excluding hydrogens is 258 g/mol. The molecule has 0 aromatic carbocycles. The molecule has 0 spiro atoms. The lowest BCUT2D eigenvalue weighted by atomic mass is 10.1. The van der Waals surface area contributed by atoms with E-state index in [1.807, 2.05) is 0 Å². The summed E-state index contributed by atoms with van der Waals surface area (Å²) in [7, 11) is 0. The maximum atomic E-state index is 9.80. The zero-order chi connectivity index (χ0) is 15.6. The highest BCUT2D eigenvalue weighted by Gasteiger charge is 2.01. The number of nitrogens with two attached hydrogens (primary N) is 1. The average Bonchev–Trinajstić information content (AvgIpc) is 2.48. The second-order valence-corrected chi connectivity index (χ2v) is 6.25. The Hall–Kier alpha value is -0.340. The number of allylic oxidation sites excluding steroid dienone is 2. The van der Waals surface area contributed by atoms with Crippen LogP contribution in [0.1, 0.15) is 96.8 Å². The second kappa shape index (κ2) is 17.7. The molecule has 21 heavy (non-hydrogen) atoms. The standard InChI is InChI=1S/C19H39NO/c1-2-3-13-16-19(21)17-14-11-9-7-5-4-6-8-10-12-15-18-20/h9,11,19,21H,2-8,10,12-18,20H2,1H3/b11-9-. The lowest BCUT2D eigenvalue weighted by Crippen LogP contribution is -2.05. The van der Waals surface area contributed by atoms with E-state index in [0.29, 0.717) is 0 Å². The SMILES string of the molecule is CCCCCC(O)CC/C=C\CCCCCCCCCN. The average molecular weight is 298 g/mol. The van der Waals surface area contributed by atoms with Crippen molar-refractivity contribution in [2.45, 2.75) is 103 Å². The predicted octanol–water partition coefficient (Wildman–Crippen LogP) is 5.34. The van der Waals surface area contributed by atoms with Gasteiger partial charge in [-0.25, -0.2) is 0 Å². The van der Waals surface area contributed by atoms with Gasteiger partial charge in [-0.15, -0.1) is 0 Å². The Kier molecular flexibility index (Phi) is 17.4. The van der Waals surface area contributed by atoms with Gasteiger partial charge >= 0.3 is 0 Å².